The highest BCUT2D eigenvalue weighted by Gasteiger charge is 2.51. The molecule has 2 unspecified atom stereocenters. The first-order valence-electron chi connectivity index (χ1n) is 19.0. The number of nitro groups is 1. The lowest BCUT2D eigenvalue weighted by atomic mass is 9.81. The maximum atomic E-state index is 14.8. The van der Waals surface area contributed by atoms with Crippen molar-refractivity contribution in [1.29, 1.82) is 0 Å². The first-order chi connectivity index (χ1) is 24.7. The maximum absolute atomic E-state index is 14.8. The number of rotatable bonds is 14. The van der Waals surface area contributed by atoms with E-state index in [9.17, 15) is 38.9 Å². The summed E-state index contributed by atoms with van der Waals surface area (Å²) in [6.45, 7) is 7.31. The van der Waals surface area contributed by atoms with Crippen molar-refractivity contribution in [2.75, 3.05) is 0 Å². The van der Waals surface area contributed by atoms with Crippen LogP contribution in [0.4, 0.5) is 5.69 Å². The average molecular weight is 727 g/mol. The van der Waals surface area contributed by atoms with Crippen molar-refractivity contribution < 1.29 is 33.7 Å². The van der Waals surface area contributed by atoms with Gasteiger partial charge in [-0.1, -0.05) is 66.2 Å². The SMILES string of the molecule is CCC[C@H](NC(=O)[C@H]1CC2CCCCC2N1C(=O)[C@@H](NC(=O)[C@@H](NC(=O)c1[nH]ncc1[N+](=O)[O-])C1CCCCC1)C(C)(C)C)C(=O)C(=O)NC1CC1. The number of hydrogen-bond donors (Lipinski definition) is 5. The van der Waals surface area contributed by atoms with Gasteiger partial charge in [0, 0.05) is 12.1 Å². The van der Waals surface area contributed by atoms with E-state index in [1.54, 1.807) is 4.90 Å². The monoisotopic (exact) mass is 726 g/mol. The van der Waals surface area contributed by atoms with E-state index in [1.165, 1.54) is 0 Å². The average Bonchev–Trinajstić information content (AvgIpc) is 3.62. The van der Waals surface area contributed by atoms with Gasteiger partial charge in [-0.25, -0.2) is 0 Å². The van der Waals surface area contributed by atoms with Crippen LogP contribution < -0.4 is 21.3 Å². The molecule has 0 radical (unpaired) electrons. The van der Waals surface area contributed by atoms with E-state index in [-0.39, 0.29) is 36.0 Å². The Balaban J connectivity index is 1.39. The van der Waals surface area contributed by atoms with Crippen molar-refractivity contribution >= 4 is 41.0 Å². The highest BCUT2D eigenvalue weighted by atomic mass is 16.6. The number of carbonyl (C=O) groups is 6. The Morgan fingerprint density at radius 1 is 0.962 bits per heavy atom. The number of likely N-dealkylation sites (tertiary alicyclic amines) is 1. The molecule has 4 aliphatic rings. The Hall–Kier alpha value is -4.37. The molecule has 1 aliphatic heterocycles. The Labute approximate surface area is 303 Å². The summed E-state index contributed by atoms with van der Waals surface area (Å²) in [6.07, 6.45) is 11.1. The number of H-pyrrole nitrogens is 1. The molecular weight excluding hydrogens is 672 g/mol. The summed E-state index contributed by atoms with van der Waals surface area (Å²) in [4.78, 5) is 94.7. The highest BCUT2D eigenvalue weighted by Crippen LogP contribution is 2.41. The van der Waals surface area contributed by atoms with Crippen LogP contribution in [0.15, 0.2) is 6.20 Å². The summed E-state index contributed by atoms with van der Waals surface area (Å²) < 4.78 is 0. The summed E-state index contributed by atoms with van der Waals surface area (Å²) >= 11 is 0. The van der Waals surface area contributed by atoms with Crippen molar-refractivity contribution in [3.63, 3.8) is 0 Å². The number of carbonyl (C=O) groups excluding carboxylic acids is 6. The molecule has 3 aliphatic carbocycles. The van der Waals surface area contributed by atoms with Crippen molar-refractivity contribution in [2.24, 2.45) is 17.3 Å². The second-order valence-corrected chi connectivity index (χ2v) is 16.1. The fourth-order valence-electron chi connectivity index (χ4n) is 8.17. The van der Waals surface area contributed by atoms with Gasteiger partial charge in [0.15, 0.2) is 0 Å². The fraction of sp³-hybridized carbons (Fsp3) is 0.750. The van der Waals surface area contributed by atoms with Crippen LogP contribution in [-0.4, -0.2) is 91.6 Å². The maximum Gasteiger partial charge on any atom is 0.319 e. The van der Waals surface area contributed by atoms with Crippen LogP contribution >= 0.6 is 0 Å². The molecule has 16 heteroatoms. The minimum absolute atomic E-state index is 0.0138. The molecule has 5 rings (SSSR count). The van der Waals surface area contributed by atoms with E-state index < -0.39 is 75.5 Å². The lowest BCUT2D eigenvalue weighted by Crippen LogP contribution is -2.63. The largest absolute Gasteiger partial charge is 0.347 e. The van der Waals surface area contributed by atoms with E-state index in [0.29, 0.717) is 32.1 Å². The summed E-state index contributed by atoms with van der Waals surface area (Å²) in [5.74, 6) is -4.00. The van der Waals surface area contributed by atoms with Gasteiger partial charge in [0.05, 0.1) is 11.0 Å². The number of nitrogens with one attached hydrogen (secondary N) is 5. The molecule has 4 fully saturated rings. The van der Waals surface area contributed by atoms with Crippen molar-refractivity contribution in [3.05, 3.63) is 22.0 Å². The van der Waals surface area contributed by atoms with Gasteiger partial charge in [0.25, 0.3) is 11.8 Å². The minimum atomic E-state index is -1.10. The van der Waals surface area contributed by atoms with Crippen molar-refractivity contribution in [2.45, 2.75) is 154 Å². The van der Waals surface area contributed by atoms with Gasteiger partial charge in [-0.15, -0.1) is 0 Å². The predicted octanol–water partition coefficient (Wildman–Crippen LogP) is 2.82. The number of hydrogen-bond acceptors (Lipinski definition) is 9. The van der Waals surface area contributed by atoms with E-state index in [1.807, 2.05) is 27.7 Å². The first-order valence-corrected chi connectivity index (χ1v) is 19.0. The molecule has 52 heavy (non-hydrogen) atoms. The second-order valence-electron chi connectivity index (χ2n) is 16.1. The topological polar surface area (TPSA) is 226 Å². The smallest absolute Gasteiger partial charge is 0.319 e. The molecule has 0 bridgehead atoms. The molecule has 2 heterocycles. The molecule has 3 saturated carbocycles. The lowest BCUT2D eigenvalue weighted by molar-refractivity contribution is -0.385. The molecule has 0 aromatic carbocycles. The molecule has 5 N–H and O–H groups in total. The molecular formula is C36H54N8O8. The minimum Gasteiger partial charge on any atom is -0.347 e. The van der Waals surface area contributed by atoms with Crippen molar-refractivity contribution in [3.8, 4) is 0 Å². The molecule has 16 nitrogen and oxygen atoms in total. The zero-order valence-corrected chi connectivity index (χ0v) is 30.7. The number of aromatic amines is 1. The Bertz CT molecular complexity index is 1530. The Morgan fingerprint density at radius 3 is 2.27 bits per heavy atom. The number of aromatic nitrogens is 2. The number of fused-ring (bicyclic) bond motifs is 1. The number of nitrogens with zero attached hydrogens (tertiary/aromatic N) is 3. The second kappa shape index (κ2) is 16.5. The normalized spacial score (nSPS) is 23.8. The van der Waals surface area contributed by atoms with Crippen LogP contribution in [0.1, 0.15) is 128 Å². The van der Waals surface area contributed by atoms with E-state index >= 15 is 0 Å². The third-order valence-electron chi connectivity index (χ3n) is 11.1. The molecule has 5 amide bonds. The van der Waals surface area contributed by atoms with Crippen LogP contribution in [0.2, 0.25) is 0 Å². The van der Waals surface area contributed by atoms with Gasteiger partial charge in [0.2, 0.25) is 29.2 Å². The van der Waals surface area contributed by atoms with Gasteiger partial charge in [-0.2, -0.15) is 5.10 Å². The summed E-state index contributed by atoms with van der Waals surface area (Å²) in [5.41, 5.74) is -1.72. The first kappa shape index (κ1) is 38.9. The Morgan fingerprint density at radius 2 is 1.63 bits per heavy atom. The molecule has 286 valence electrons. The van der Waals surface area contributed by atoms with Crippen molar-refractivity contribution in [1.82, 2.24) is 36.4 Å². The van der Waals surface area contributed by atoms with Gasteiger partial charge >= 0.3 is 5.69 Å². The van der Waals surface area contributed by atoms with E-state index in [2.05, 4.69) is 31.5 Å². The summed E-state index contributed by atoms with van der Waals surface area (Å²) in [6, 6.07) is -4.38. The van der Waals surface area contributed by atoms with Crippen LogP contribution in [0, 0.1) is 27.4 Å². The van der Waals surface area contributed by atoms with E-state index in [0.717, 1.165) is 57.6 Å². The van der Waals surface area contributed by atoms with E-state index in [4.69, 9.17) is 0 Å². The lowest BCUT2D eigenvalue weighted by Gasteiger charge is -2.40. The fourth-order valence-corrected chi connectivity index (χ4v) is 8.17. The molecule has 1 aromatic rings. The van der Waals surface area contributed by atoms with Gasteiger partial charge in [0.1, 0.15) is 24.3 Å². The van der Waals surface area contributed by atoms with Crippen LogP contribution in [0.25, 0.3) is 0 Å². The number of amides is 5. The van der Waals surface area contributed by atoms with Gasteiger partial charge < -0.3 is 26.2 Å². The van der Waals surface area contributed by atoms with Gasteiger partial charge in [-0.05, 0) is 68.6 Å². The molecule has 0 spiro atoms. The van der Waals surface area contributed by atoms with Crippen LogP contribution in [0.5, 0.6) is 0 Å². The Kier molecular flexibility index (Phi) is 12.4. The molecule has 1 aromatic heterocycles. The third kappa shape index (κ3) is 8.98. The standard InChI is InChI=1S/C36H54N8O8/c1-5-11-23(29(45)34(49)38-22-16-17-22)39-31(46)25-18-21-14-9-10-15-24(21)43(25)35(50)30(36(2,3)4)41-32(47)27(20-12-7-6-8-13-20)40-33(48)28-26(44(51)52)19-37-42-28/h19-25,27,30H,5-18H2,1-4H3,(H,37,42)(H,38,49)(H,39,46)(H,40,48)(H,41,47)/t21?,23-,24?,25+,27-,30+/m0/s1. The quantitative estimate of drug-likeness (QED) is 0.108. The van der Waals surface area contributed by atoms with Crippen LogP contribution in [0.3, 0.4) is 0 Å². The molecule has 6 atom stereocenters. The third-order valence-corrected chi connectivity index (χ3v) is 11.1. The molecule has 1 saturated heterocycles. The van der Waals surface area contributed by atoms with Gasteiger partial charge in [-0.3, -0.25) is 44.0 Å². The summed E-state index contributed by atoms with van der Waals surface area (Å²) in [7, 11) is 0. The summed E-state index contributed by atoms with van der Waals surface area (Å²) in [5, 5.41) is 28.7. The van der Waals surface area contributed by atoms with Crippen LogP contribution in [-0.2, 0) is 24.0 Å². The predicted molar refractivity (Wildman–Crippen MR) is 188 cm³/mol. The zero-order valence-electron chi connectivity index (χ0n) is 30.7. The number of ketones is 1. The number of Topliss-reactive ketones (excluding diaryl/α,β-unsaturated/α-hetero) is 1. The highest BCUT2D eigenvalue weighted by molar-refractivity contribution is 6.38. The zero-order chi connectivity index (χ0) is 37.7.